The second kappa shape index (κ2) is 44.5. The Morgan fingerprint density at radius 1 is 0.808 bits per heavy atom. The lowest BCUT2D eigenvalue weighted by Crippen LogP contribution is -3.00. The molecule has 0 spiro atoms. The van der Waals surface area contributed by atoms with Crippen molar-refractivity contribution >= 4 is 7.82 Å². The molecule has 0 saturated carbocycles. The number of phosphoric acid groups is 1. The van der Waals surface area contributed by atoms with Gasteiger partial charge in [0, 0.05) is 0 Å². The minimum Gasteiger partial charge on any atom is -1.00 e. The maximum atomic E-state index is 8.88. The molecule has 0 fully saturated rings. The molecule has 0 heterocycles. The summed E-state index contributed by atoms with van der Waals surface area (Å²) in [7, 11) is 10.6. The molecule has 0 aromatic rings. The predicted molar refractivity (Wildman–Crippen MR) is 95.3 cm³/mol. The van der Waals surface area contributed by atoms with E-state index in [0.717, 1.165) is 6.42 Å². The van der Waals surface area contributed by atoms with E-state index in [1.54, 1.807) is 6.92 Å². The molecule has 10 N–H and O–H groups in total. The van der Waals surface area contributed by atoms with E-state index in [1.165, 1.54) is 0 Å². The first-order valence-corrected chi connectivity index (χ1v) is 9.85. The molecule has 0 bridgehead atoms. The van der Waals surface area contributed by atoms with Crippen LogP contribution in [-0.4, -0.2) is 78.8 Å². The third-order valence-electron chi connectivity index (χ3n) is 1.14. The molecule has 0 rings (SSSR count). The van der Waals surface area contributed by atoms with Crippen molar-refractivity contribution in [3.05, 3.63) is 0 Å². The maximum Gasteiger partial charge on any atom is 0.0796 e. The van der Waals surface area contributed by atoms with Gasteiger partial charge in [0.05, 0.1) is 68.6 Å². The molecule has 10 nitrogen and oxygen atoms in total. The van der Waals surface area contributed by atoms with Crippen molar-refractivity contribution in [2.24, 2.45) is 0 Å². The van der Waals surface area contributed by atoms with Crippen LogP contribution in [0.15, 0.2) is 0 Å². The minimum absolute atomic E-state index is 0. The largest absolute Gasteiger partial charge is 1.00 e. The van der Waals surface area contributed by atoms with Gasteiger partial charge in [0.2, 0.25) is 0 Å². The lowest BCUT2D eigenvalue weighted by Gasteiger charge is -2.36. The Morgan fingerprint density at radius 3 is 1.00 bits per heavy atom. The Hall–Kier alpha value is 0.160. The minimum atomic E-state index is -5.39. The lowest BCUT2D eigenvalue weighted by atomic mass is 10.1. The van der Waals surface area contributed by atoms with Crippen LogP contribution in [-0.2, 0) is 4.57 Å². The fourth-order valence-corrected chi connectivity index (χ4v) is 0.537. The number of rotatable bonds is 3. The predicted octanol–water partition coefficient (Wildman–Crippen LogP) is -10.1. The molecule has 2 unspecified atom stereocenters. The zero-order valence-electron chi connectivity index (χ0n) is 18.2. The molecule has 2 atom stereocenters. The summed E-state index contributed by atoms with van der Waals surface area (Å²) in [6, 6.07) is 0. The summed E-state index contributed by atoms with van der Waals surface area (Å²) < 4.78 is 8.55. The second-order valence-corrected chi connectivity index (χ2v) is 5.75. The molecule has 0 aliphatic heterocycles. The number of hydrogen-bond donors (Lipinski definition) is 6. The highest BCUT2D eigenvalue weighted by Gasteiger charge is 2.07. The molecule has 0 aromatic carbocycles. The average molecular weight is 433 g/mol. The molecule has 170 valence electrons. The molecule has 0 radical (unpaired) electrons. The van der Waals surface area contributed by atoms with Crippen LogP contribution in [0.3, 0.4) is 0 Å². The van der Waals surface area contributed by atoms with Gasteiger partial charge in [-0.1, -0.05) is 13.3 Å². The lowest BCUT2D eigenvalue weighted by molar-refractivity contribution is -0.597. The van der Waals surface area contributed by atoms with E-state index in [0.29, 0.717) is 6.42 Å². The van der Waals surface area contributed by atoms with E-state index < -0.39 is 20.0 Å². The smallest absolute Gasteiger partial charge is 0.0796 e. The molecule has 0 aliphatic rings. The van der Waals surface area contributed by atoms with Gasteiger partial charge in [-0.25, -0.2) is 0 Å². The van der Waals surface area contributed by atoms with Crippen molar-refractivity contribution in [2.75, 3.05) is 56.4 Å². The van der Waals surface area contributed by atoms with Gasteiger partial charge in [0.1, 0.15) is 0 Å². The van der Waals surface area contributed by atoms with Crippen LogP contribution in [0.25, 0.3) is 0 Å². The quantitative estimate of drug-likeness (QED) is 0.239. The van der Waals surface area contributed by atoms with Crippen molar-refractivity contribution < 1.29 is 63.1 Å². The third kappa shape index (κ3) is 253. The highest BCUT2D eigenvalue weighted by Crippen LogP contribution is 2.03. The molecule has 12 heteroatoms. The van der Waals surface area contributed by atoms with Crippen molar-refractivity contribution in [2.45, 2.75) is 38.9 Å². The topological polar surface area (TPSA) is 193 Å². The molecular weight excluding hydrogens is 387 g/mol. The summed E-state index contributed by atoms with van der Waals surface area (Å²) in [5.74, 6) is 0. The van der Waals surface area contributed by atoms with Gasteiger partial charge < -0.3 is 63.1 Å². The first kappa shape index (κ1) is 45.1. The molecule has 0 amide bonds. The Morgan fingerprint density at radius 2 is 0.962 bits per heavy atom. The number of nitrogens with two attached hydrogens (primary N) is 4. The van der Waals surface area contributed by atoms with Crippen LogP contribution in [0.4, 0.5) is 0 Å². The Labute approximate surface area is 166 Å². The van der Waals surface area contributed by atoms with Crippen molar-refractivity contribution in [1.29, 1.82) is 0 Å². The number of aliphatic hydroxyl groups excluding tert-OH is 2. The van der Waals surface area contributed by atoms with Crippen LogP contribution in [0.1, 0.15) is 26.7 Å². The van der Waals surface area contributed by atoms with Crippen molar-refractivity contribution in [3.63, 3.8) is 0 Å². The number of hydrogen-bond acceptors (Lipinski definition) is 6. The van der Waals surface area contributed by atoms with Gasteiger partial charge in [-0.05, 0) is 13.3 Å². The van der Waals surface area contributed by atoms with Gasteiger partial charge in [-0.3, -0.25) is 0 Å². The van der Waals surface area contributed by atoms with Crippen LogP contribution < -0.4 is 48.4 Å². The Balaban J connectivity index is -0.0000000352. The van der Waals surface area contributed by atoms with E-state index >= 15 is 0 Å². The second-order valence-electron chi connectivity index (χ2n) is 4.85. The van der Waals surface area contributed by atoms with E-state index in [2.05, 4.69) is 0 Å². The fourth-order valence-electron chi connectivity index (χ4n) is 0.537. The monoisotopic (exact) mass is 432 g/mol. The van der Waals surface area contributed by atoms with Crippen LogP contribution >= 0.6 is 7.82 Å². The highest BCUT2D eigenvalue weighted by atomic mass is 35.5. The van der Waals surface area contributed by atoms with E-state index in [4.69, 9.17) is 29.5 Å². The molecule has 26 heavy (non-hydrogen) atoms. The van der Waals surface area contributed by atoms with Crippen LogP contribution in [0, 0.1) is 0 Å². The van der Waals surface area contributed by atoms with Crippen molar-refractivity contribution in [3.8, 4) is 0 Å². The standard InChI is InChI=1S/C6H14O2.4C2H7N.ClH.H3O4P/c1-3-4-6(8)5(2)7;4*1-3-2;;1-5(2,3)4/h5-8H,3-4H2,1-2H3;4*3H,1-2H3;1H;(H3,1,2,3,4). The molecule has 0 aromatic heterocycles. The number of aliphatic hydroxyl groups is 2. The SMILES string of the molecule is CCCC(O)C(C)O.C[NH2+]C.C[NH2+]C.C[NH2+]C.C[NH2+]C.O=P([O-])([O-])[O-].[Cl-]. The fraction of sp³-hybridized carbons (Fsp3) is 1.00. The number of halogens is 1. The number of quaternary nitrogens is 4. The summed E-state index contributed by atoms with van der Waals surface area (Å²) in [4.78, 5) is 25.6. The summed E-state index contributed by atoms with van der Waals surface area (Å²) in [6.45, 7) is 3.58. The average Bonchev–Trinajstić information content (AvgIpc) is 2.40. The molecular formula is C14H46ClN4O6P. The van der Waals surface area contributed by atoms with Crippen molar-refractivity contribution in [1.82, 2.24) is 0 Å². The molecule has 0 saturated heterocycles. The van der Waals surface area contributed by atoms with Crippen LogP contribution in [0.2, 0.25) is 0 Å². The highest BCUT2D eigenvalue weighted by molar-refractivity contribution is 7.40. The third-order valence-corrected chi connectivity index (χ3v) is 1.14. The van der Waals surface area contributed by atoms with E-state index in [-0.39, 0.29) is 12.4 Å². The Bertz CT molecular complexity index is 211. The first-order valence-electron chi connectivity index (χ1n) is 8.39. The van der Waals surface area contributed by atoms with Crippen LogP contribution in [0.5, 0.6) is 0 Å². The van der Waals surface area contributed by atoms with Gasteiger partial charge in [-0.2, -0.15) is 7.82 Å². The van der Waals surface area contributed by atoms with Gasteiger partial charge in [0.15, 0.2) is 0 Å². The van der Waals surface area contributed by atoms with E-state index in [9.17, 15) is 0 Å². The first-order chi connectivity index (χ1) is 11.3. The zero-order valence-corrected chi connectivity index (χ0v) is 19.9. The van der Waals surface area contributed by atoms with Gasteiger partial charge in [0.25, 0.3) is 0 Å². The van der Waals surface area contributed by atoms with Gasteiger partial charge in [-0.15, -0.1) is 0 Å². The summed E-state index contributed by atoms with van der Waals surface area (Å²) in [5, 5.41) is 25.6. The summed E-state index contributed by atoms with van der Waals surface area (Å²) in [6.07, 6.45) is 0.513. The summed E-state index contributed by atoms with van der Waals surface area (Å²) >= 11 is 0. The maximum absolute atomic E-state index is 8.88. The van der Waals surface area contributed by atoms with E-state index in [1.807, 2.05) is 84.6 Å². The zero-order chi connectivity index (χ0) is 21.9. The van der Waals surface area contributed by atoms with Gasteiger partial charge >= 0.3 is 0 Å². The normalized spacial score (nSPS) is 10.6. The molecule has 0 aliphatic carbocycles. The summed E-state index contributed by atoms with van der Waals surface area (Å²) in [5.41, 5.74) is 0. The Kier molecular flexibility index (Phi) is 77.3.